The highest BCUT2D eigenvalue weighted by Crippen LogP contribution is 2.32. The lowest BCUT2D eigenvalue weighted by Crippen LogP contribution is -2.33. The molecule has 2 atom stereocenters. The van der Waals surface area contributed by atoms with Crippen molar-refractivity contribution in [1.29, 1.82) is 0 Å². The Morgan fingerprint density at radius 3 is 2.62 bits per heavy atom. The van der Waals surface area contributed by atoms with Crippen LogP contribution in [0.4, 0.5) is 5.82 Å². The molecule has 3 aromatic carbocycles. The van der Waals surface area contributed by atoms with Crippen molar-refractivity contribution in [2.24, 2.45) is 5.92 Å². The lowest BCUT2D eigenvalue weighted by molar-refractivity contribution is 0.0951. The number of hydrogen-bond acceptors (Lipinski definition) is 5. The van der Waals surface area contributed by atoms with Crippen LogP contribution in [-0.2, 0) is 0 Å². The number of rotatable bonds is 9. The molecule has 2 fully saturated rings. The molecule has 206 valence electrons. The number of hydrogen-bond donors (Lipinski definition) is 2. The average Bonchev–Trinajstić information content (AvgIpc) is 3.63. The monoisotopic (exact) mass is 535 g/mol. The molecule has 1 aliphatic heterocycles. The molecule has 40 heavy (non-hydrogen) atoms. The SMILES string of the molecule is Cc1ccc(C(=O)NC2CC2)cc1-n1ccnc(N[C@@H](c2cccc3ccccc23)[C@H](C)CN2CCCC2)c1=O. The summed E-state index contributed by atoms with van der Waals surface area (Å²) < 4.78 is 1.60. The fraction of sp³-hybridized carbons (Fsp3) is 0.364. The smallest absolute Gasteiger partial charge is 0.297 e. The van der Waals surface area contributed by atoms with Gasteiger partial charge in [-0.25, -0.2) is 4.98 Å². The highest BCUT2D eigenvalue weighted by molar-refractivity contribution is 5.95. The second kappa shape index (κ2) is 11.3. The summed E-state index contributed by atoms with van der Waals surface area (Å²) in [6.45, 7) is 7.39. The number of anilines is 1. The first-order valence-electron chi connectivity index (χ1n) is 14.4. The van der Waals surface area contributed by atoms with Crippen molar-refractivity contribution in [2.45, 2.75) is 51.6 Å². The van der Waals surface area contributed by atoms with Crippen LogP contribution in [0.15, 0.2) is 77.9 Å². The molecule has 4 aromatic rings. The van der Waals surface area contributed by atoms with Gasteiger partial charge in [0.05, 0.1) is 11.7 Å². The topological polar surface area (TPSA) is 79.3 Å². The molecule has 0 unspecified atom stereocenters. The zero-order valence-corrected chi connectivity index (χ0v) is 23.3. The lowest BCUT2D eigenvalue weighted by atomic mass is 9.90. The van der Waals surface area contributed by atoms with Crippen molar-refractivity contribution < 1.29 is 4.79 Å². The van der Waals surface area contributed by atoms with Crippen LogP contribution in [0, 0.1) is 12.8 Å². The third-order valence-corrected chi connectivity index (χ3v) is 8.25. The molecule has 0 spiro atoms. The Labute approximate surface area is 235 Å². The first kappa shape index (κ1) is 26.3. The number of aryl methyl sites for hydroxylation is 1. The number of benzene rings is 3. The van der Waals surface area contributed by atoms with Crippen molar-refractivity contribution in [3.63, 3.8) is 0 Å². The quantitative estimate of drug-likeness (QED) is 0.297. The summed E-state index contributed by atoms with van der Waals surface area (Å²) in [5, 5.41) is 8.97. The fourth-order valence-electron chi connectivity index (χ4n) is 5.88. The summed E-state index contributed by atoms with van der Waals surface area (Å²) in [6.07, 6.45) is 7.86. The van der Waals surface area contributed by atoms with Crippen LogP contribution in [0.1, 0.15) is 60.1 Å². The summed E-state index contributed by atoms with van der Waals surface area (Å²) in [5.41, 5.74) is 3.08. The molecule has 1 aromatic heterocycles. The minimum atomic E-state index is -0.232. The number of carbonyl (C=O) groups excluding carboxylic acids is 1. The summed E-state index contributed by atoms with van der Waals surface area (Å²) in [6, 6.07) is 20.5. The molecule has 2 aliphatic rings. The molecular formula is C33H37N5O2. The molecule has 1 amide bonds. The zero-order valence-electron chi connectivity index (χ0n) is 23.3. The van der Waals surface area contributed by atoms with Crippen molar-refractivity contribution in [2.75, 3.05) is 25.0 Å². The molecule has 1 saturated carbocycles. The number of nitrogens with zero attached hydrogens (tertiary/aromatic N) is 3. The van der Waals surface area contributed by atoms with Crippen LogP contribution in [0.5, 0.6) is 0 Å². The second-order valence-electron chi connectivity index (χ2n) is 11.4. The Morgan fingerprint density at radius 1 is 1.05 bits per heavy atom. The summed E-state index contributed by atoms with van der Waals surface area (Å²) in [7, 11) is 0. The van der Waals surface area contributed by atoms with E-state index in [1.165, 1.54) is 23.6 Å². The Balaban J connectivity index is 1.36. The van der Waals surface area contributed by atoms with Gasteiger partial charge >= 0.3 is 0 Å². The number of amides is 1. The summed E-state index contributed by atoms with van der Waals surface area (Å²) in [5.74, 6) is 0.437. The lowest BCUT2D eigenvalue weighted by Gasteiger charge is -2.30. The van der Waals surface area contributed by atoms with Crippen LogP contribution in [-0.4, -0.2) is 46.0 Å². The van der Waals surface area contributed by atoms with Gasteiger partial charge in [-0.15, -0.1) is 0 Å². The molecule has 6 rings (SSSR count). The van der Waals surface area contributed by atoms with Gasteiger partial charge < -0.3 is 15.5 Å². The Hall–Kier alpha value is -3.97. The zero-order chi connectivity index (χ0) is 27.6. The van der Waals surface area contributed by atoms with Gasteiger partial charge in [0.1, 0.15) is 0 Å². The number of likely N-dealkylation sites (tertiary alicyclic amines) is 1. The average molecular weight is 536 g/mol. The van der Waals surface area contributed by atoms with Crippen molar-refractivity contribution in [1.82, 2.24) is 19.8 Å². The van der Waals surface area contributed by atoms with Crippen molar-refractivity contribution in [3.8, 4) is 5.69 Å². The minimum absolute atomic E-state index is 0.101. The van der Waals surface area contributed by atoms with Crippen LogP contribution in [0.2, 0.25) is 0 Å². The maximum absolute atomic E-state index is 13.9. The molecule has 0 radical (unpaired) electrons. The molecule has 1 aliphatic carbocycles. The molecule has 1 saturated heterocycles. The van der Waals surface area contributed by atoms with Gasteiger partial charge in [-0.2, -0.15) is 0 Å². The Morgan fingerprint density at radius 2 is 1.82 bits per heavy atom. The number of fused-ring (bicyclic) bond motifs is 1. The molecule has 7 nitrogen and oxygen atoms in total. The van der Waals surface area contributed by atoms with E-state index >= 15 is 0 Å². The van der Waals surface area contributed by atoms with E-state index in [-0.39, 0.29) is 29.5 Å². The molecular weight excluding hydrogens is 498 g/mol. The van der Waals surface area contributed by atoms with E-state index in [1.807, 2.05) is 19.1 Å². The fourth-order valence-corrected chi connectivity index (χ4v) is 5.88. The van der Waals surface area contributed by atoms with Gasteiger partial charge in [-0.05, 0) is 85.6 Å². The number of nitrogens with one attached hydrogen (secondary N) is 2. The summed E-state index contributed by atoms with van der Waals surface area (Å²) in [4.78, 5) is 33.7. The van der Waals surface area contributed by atoms with Crippen molar-refractivity contribution >= 4 is 22.5 Å². The van der Waals surface area contributed by atoms with Gasteiger partial charge in [0, 0.05) is 30.5 Å². The van der Waals surface area contributed by atoms with E-state index in [1.54, 1.807) is 23.0 Å². The van der Waals surface area contributed by atoms with Crippen LogP contribution < -0.4 is 16.2 Å². The highest BCUT2D eigenvalue weighted by Gasteiger charge is 2.27. The van der Waals surface area contributed by atoms with Gasteiger partial charge in [-0.1, -0.05) is 55.5 Å². The maximum atomic E-state index is 13.9. The van der Waals surface area contributed by atoms with Gasteiger partial charge in [0.25, 0.3) is 11.5 Å². The van der Waals surface area contributed by atoms with E-state index < -0.39 is 0 Å². The van der Waals surface area contributed by atoms with E-state index in [9.17, 15) is 9.59 Å². The second-order valence-corrected chi connectivity index (χ2v) is 11.4. The third-order valence-electron chi connectivity index (χ3n) is 8.25. The summed E-state index contributed by atoms with van der Waals surface area (Å²) >= 11 is 0. The van der Waals surface area contributed by atoms with Gasteiger partial charge in [0.2, 0.25) is 0 Å². The van der Waals surface area contributed by atoms with E-state index in [4.69, 9.17) is 0 Å². The normalized spacial score (nSPS) is 17.1. The first-order chi connectivity index (χ1) is 19.5. The predicted octanol–water partition coefficient (Wildman–Crippen LogP) is 5.47. The van der Waals surface area contributed by atoms with Crippen LogP contribution >= 0.6 is 0 Å². The largest absolute Gasteiger partial charge is 0.358 e. The van der Waals surface area contributed by atoms with Crippen LogP contribution in [0.25, 0.3) is 16.5 Å². The number of carbonyl (C=O) groups is 1. The third kappa shape index (κ3) is 5.52. The molecule has 0 bridgehead atoms. The molecule has 2 heterocycles. The van der Waals surface area contributed by atoms with Crippen LogP contribution in [0.3, 0.4) is 0 Å². The van der Waals surface area contributed by atoms with Crippen molar-refractivity contribution in [3.05, 3.63) is 100 Å². The Bertz CT molecular complexity index is 1580. The Kier molecular flexibility index (Phi) is 7.39. The van der Waals surface area contributed by atoms with Gasteiger partial charge in [-0.3, -0.25) is 14.2 Å². The number of aromatic nitrogens is 2. The van der Waals surface area contributed by atoms with E-state index in [2.05, 4.69) is 69.9 Å². The van der Waals surface area contributed by atoms with E-state index in [0.29, 0.717) is 17.1 Å². The van der Waals surface area contributed by atoms with Gasteiger partial charge in [0.15, 0.2) is 5.82 Å². The first-order valence-corrected chi connectivity index (χ1v) is 14.4. The predicted molar refractivity (Wildman–Crippen MR) is 160 cm³/mol. The van der Waals surface area contributed by atoms with E-state index in [0.717, 1.165) is 43.6 Å². The molecule has 2 N–H and O–H groups in total. The minimum Gasteiger partial charge on any atom is -0.358 e. The standard InChI is InChI=1S/C33H37N5O2/c1-22-12-13-25(32(39)35-26-14-15-26)20-29(22)38-19-16-34-31(33(38)40)36-30(23(2)21-37-17-5-6-18-37)28-11-7-9-24-8-3-4-10-27(24)28/h3-4,7-13,16,19-20,23,26,30H,5-6,14-15,17-18,21H2,1-2H3,(H,34,36)(H,35,39)/t23-,30-/m1/s1. The molecule has 7 heteroatoms. The maximum Gasteiger partial charge on any atom is 0.297 e. The highest BCUT2D eigenvalue weighted by atomic mass is 16.2.